The van der Waals surface area contributed by atoms with Gasteiger partial charge in [-0.15, -0.1) is 0 Å². The number of fused-ring (bicyclic) bond motifs is 5. The molecule has 12 nitrogen and oxygen atoms in total. The number of nitrogens with one attached hydrogen (secondary N) is 1. The predicted octanol–water partition coefficient (Wildman–Crippen LogP) is 6.29. The molecule has 55 heavy (non-hydrogen) atoms. The van der Waals surface area contributed by atoms with Crippen LogP contribution in [0.1, 0.15) is 87.8 Å². The van der Waals surface area contributed by atoms with Crippen LogP contribution < -0.4 is 10.9 Å². The smallest absolute Gasteiger partial charge is 0.336 e. The van der Waals surface area contributed by atoms with Crippen molar-refractivity contribution in [3.8, 4) is 11.4 Å². The number of aliphatic hydroxyl groups is 1. The fourth-order valence-electron chi connectivity index (χ4n) is 7.37. The van der Waals surface area contributed by atoms with E-state index in [1.165, 1.54) is 0 Å². The molecular weight excluding hydrogens is 700 g/mol. The third-order valence-electron chi connectivity index (χ3n) is 9.97. The van der Waals surface area contributed by atoms with Crippen molar-refractivity contribution in [3.63, 3.8) is 0 Å². The van der Waals surface area contributed by atoms with Gasteiger partial charge in [0.2, 0.25) is 0 Å². The first kappa shape index (κ1) is 37.4. The highest BCUT2D eigenvalue weighted by Crippen LogP contribution is 2.41. The SMILES string of the molecule is CC1=C(C(=O)OCC(C)C)C(c2cccc(N=Cc3c4c(nc5ccccc35)-c3cc5c(c(=O)n3C4)COC(=O)CC5O)c2)C(C(=O)OCC(C)C)=C(C)N1. The molecule has 0 saturated carbocycles. The van der Waals surface area contributed by atoms with E-state index in [9.17, 15) is 24.3 Å². The molecule has 1 atom stereocenters. The van der Waals surface area contributed by atoms with Gasteiger partial charge in [0.15, 0.2) is 0 Å². The number of dihydropyridines is 1. The number of carbonyl (C=O) groups is 3. The molecule has 0 spiro atoms. The van der Waals surface area contributed by atoms with Gasteiger partial charge < -0.3 is 29.2 Å². The molecule has 0 aliphatic carbocycles. The molecule has 12 heteroatoms. The first-order chi connectivity index (χ1) is 26.3. The van der Waals surface area contributed by atoms with Gasteiger partial charge in [-0.1, -0.05) is 58.0 Å². The van der Waals surface area contributed by atoms with Gasteiger partial charge in [-0.25, -0.2) is 14.6 Å². The Morgan fingerprint density at radius 3 is 2.31 bits per heavy atom. The second kappa shape index (κ2) is 15.1. The molecule has 1 unspecified atom stereocenters. The minimum atomic E-state index is -1.17. The van der Waals surface area contributed by atoms with E-state index in [0.717, 1.165) is 16.5 Å². The van der Waals surface area contributed by atoms with Crippen LogP contribution in [0.15, 0.2) is 86.9 Å². The molecule has 4 aromatic rings. The molecule has 0 fully saturated rings. The van der Waals surface area contributed by atoms with Gasteiger partial charge in [0, 0.05) is 34.1 Å². The molecule has 284 valence electrons. The molecule has 2 N–H and O–H groups in total. The van der Waals surface area contributed by atoms with Crippen molar-refractivity contribution in [2.24, 2.45) is 16.8 Å². The number of hydrogen-bond donors (Lipinski definition) is 2. The zero-order valence-electron chi connectivity index (χ0n) is 31.8. The fourth-order valence-corrected chi connectivity index (χ4v) is 7.37. The lowest BCUT2D eigenvalue weighted by molar-refractivity contribution is -0.146. The number of rotatable bonds is 9. The molecule has 2 aromatic heterocycles. The van der Waals surface area contributed by atoms with Crippen LogP contribution in [0.5, 0.6) is 0 Å². The topological polar surface area (TPSA) is 158 Å². The van der Waals surface area contributed by atoms with E-state index in [1.807, 2.05) is 76.2 Å². The molecule has 0 radical (unpaired) electrons. The number of carbonyl (C=O) groups excluding carboxylic acids is 3. The number of aromatic nitrogens is 2. The average Bonchev–Trinajstić information content (AvgIpc) is 3.44. The number of aliphatic imine (C=N–C) groups is 1. The van der Waals surface area contributed by atoms with Gasteiger partial charge in [-0.3, -0.25) is 14.6 Å². The maximum absolute atomic E-state index is 13.8. The maximum atomic E-state index is 13.8. The molecule has 0 saturated heterocycles. The van der Waals surface area contributed by atoms with Crippen molar-refractivity contribution in [2.75, 3.05) is 13.2 Å². The summed E-state index contributed by atoms with van der Waals surface area (Å²) in [4.78, 5) is 63.2. The highest BCUT2D eigenvalue weighted by molar-refractivity contribution is 6.03. The Balaban J connectivity index is 1.31. The summed E-state index contributed by atoms with van der Waals surface area (Å²) in [6.45, 7) is 11.9. The minimum Gasteiger partial charge on any atom is -0.462 e. The third kappa shape index (κ3) is 7.21. The Morgan fingerprint density at radius 1 is 0.964 bits per heavy atom. The van der Waals surface area contributed by atoms with Gasteiger partial charge >= 0.3 is 17.9 Å². The molecule has 5 heterocycles. The van der Waals surface area contributed by atoms with Crippen molar-refractivity contribution < 1.29 is 33.7 Å². The van der Waals surface area contributed by atoms with Crippen LogP contribution in [0.4, 0.5) is 5.69 Å². The van der Waals surface area contributed by atoms with Crippen LogP contribution in [0.3, 0.4) is 0 Å². The molecule has 7 rings (SSSR count). The average molecular weight is 745 g/mol. The van der Waals surface area contributed by atoms with E-state index in [2.05, 4.69) is 5.32 Å². The number of cyclic esters (lactones) is 1. The number of para-hydroxylation sites is 1. The van der Waals surface area contributed by atoms with Crippen molar-refractivity contribution in [2.45, 2.75) is 73.1 Å². The van der Waals surface area contributed by atoms with Crippen LogP contribution in [-0.2, 0) is 41.7 Å². The van der Waals surface area contributed by atoms with E-state index in [1.54, 1.807) is 30.7 Å². The van der Waals surface area contributed by atoms with Crippen LogP contribution in [0, 0.1) is 11.8 Å². The van der Waals surface area contributed by atoms with Crippen molar-refractivity contribution >= 4 is 40.7 Å². The molecule has 3 aliphatic heterocycles. The number of allylic oxidation sites excluding steroid dienone is 2. The van der Waals surface area contributed by atoms with Crippen LogP contribution in [0.25, 0.3) is 22.3 Å². The quantitative estimate of drug-likeness (QED) is 0.0999. The second-order valence-corrected chi connectivity index (χ2v) is 15.1. The number of benzene rings is 2. The van der Waals surface area contributed by atoms with Crippen molar-refractivity contribution in [1.82, 2.24) is 14.9 Å². The van der Waals surface area contributed by atoms with E-state index in [4.69, 9.17) is 24.2 Å². The van der Waals surface area contributed by atoms with E-state index in [0.29, 0.717) is 56.3 Å². The molecule has 2 aromatic carbocycles. The van der Waals surface area contributed by atoms with Gasteiger partial charge in [0.05, 0.1) is 77.5 Å². The summed E-state index contributed by atoms with van der Waals surface area (Å²) in [5.74, 6) is -2.16. The molecule has 0 amide bonds. The predicted molar refractivity (Wildman–Crippen MR) is 206 cm³/mol. The monoisotopic (exact) mass is 744 g/mol. The van der Waals surface area contributed by atoms with Crippen LogP contribution in [-0.4, -0.2) is 52.0 Å². The summed E-state index contributed by atoms with van der Waals surface area (Å²) in [7, 11) is 0. The Bertz CT molecular complexity index is 2360. The Labute approximate surface area is 318 Å². The van der Waals surface area contributed by atoms with Crippen molar-refractivity contribution in [3.05, 3.63) is 115 Å². The molecule has 3 aliphatic rings. The number of hydrogen-bond acceptors (Lipinski definition) is 11. The zero-order chi connectivity index (χ0) is 39.1. The largest absolute Gasteiger partial charge is 0.462 e. The highest BCUT2D eigenvalue weighted by atomic mass is 16.5. The van der Waals surface area contributed by atoms with Crippen LogP contribution >= 0.6 is 0 Å². The summed E-state index contributed by atoms with van der Waals surface area (Å²) < 4.78 is 18.3. The number of pyridine rings is 2. The van der Waals surface area contributed by atoms with Gasteiger partial charge in [0.25, 0.3) is 5.56 Å². The zero-order valence-corrected chi connectivity index (χ0v) is 31.8. The lowest BCUT2D eigenvalue weighted by Crippen LogP contribution is -2.33. The summed E-state index contributed by atoms with van der Waals surface area (Å²) in [6, 6.07) is 16.7. The highest BCUT2D eigenvalue weighted by Gasteiger charge is 2.38. The summed E-state index contributed by atoms with van der Waals surface area (Å²) in [5.41, 5.74) is 6.67. The van der Waals surface area contributed by atoms with Crippen LogP contribution in [0.2, 0.25) is 0 Å². The van der Waals surface area contributed by atoms with Gasteiger partial charge in [-0.2, -0.15) is 0 Å². The Hall–Kier alpha value is -5.88. The lowest BCUT2D eigenvalue weighted by atomic mass is 9.80. The molecular formula is C43H44N4O8. The first-order valence-electron chi connectivity index (χ1n) is 18.5. The minimum absolute atomic E-state index is 0.114. The number of aliphatic hydroxyl groups excluding tert-OH is 1. The number of ether oxygens (including phenoxy) is 3. The number of nitrogens with zero attached hydrogens (tertiary/aromatic N) is 3. The summed E-state index contributed by atoms with van der Waals surface area (Å²) in [5, 5.41) is 14.9. The van der Waals surface area contributed by atoms with Gasteiger partial charge in [0.1, 0.15) is 6.61 Å². The first-order valence-corrected chi connectivity index (χ1v) is 18.5. The maximum Gasteiger partial charge on any atom is 0.336 e. The Kier molecular flexibility index (Phi) is 10.3. The summed E-state index contributed by atoms with van der Waals surface area (Å²) >= 11 is 0. The summed E-state index contributed by atoms with van der Waals surface area (Å²) in [6.07, 6.45) is 0.336. The van der Waals surface area contributed by atoms with E-state index < -0.39 is 29.9 Å². The fraction of sp³-hybridized carbons (Fsp3) is 0.349. The second-order valence-electron chi connectivity index (χ2n) is 15.1. The normalized spacial score (nSPS) is 17.0. The lowest BCUT2D eigenvalue weighted by Gasteiger charge is -2.31. The van der Waals surface area contributed by atoms with E-state index >= 15 is 0 Å². The van der Waals surface area contributed by atoms with Gasteiger partial charge in [-0.05, 0) is 61.1 Å². The molecule has 0 bridgehead atoms. The third-order valence-corrected chi connectivity index (χ3v) is 9.97. The standard InChI is InChI=1S/C43H44N4O8/c1-22(2)19-54-42(51)37-24(5)45-25(6)38(43(52)55-20-23(3)4)39(37)26-10-9-11-27(14-26)44-17-30-28-12-7-8-13-33(28)46-40-31(30)18-47-34(40)15-29-32(41(47)50)21-53-36(49)16-35(29)48/h7-15,17,22-23,35,39,45,48H,16,18-21H2,1-6H3. The Morgan fingerprint density at radius 2 is 1.64 bits per heavy atom. The number of esters is 3. The van der Waals surface area contributed by atoms with E-state index in [-0.39, 0.29) is 55.7 Å². The van der Waals surface area contributed by atoms with Crippen molar-refractivity contribution in [1.29, 1.82) is 0 Å².